The van der Waals surface area contributed by atoms with Crippen molar-refractivity contribution in [1.82, 2.24) is 5.43 Å². The molecular formula is C25H24ClN3O4. The Balaban J connectivity index is 1.51. The van der Waals surface area contributed by atoms with Gasteiger partial charge in [-0.05, 0) is 60.5 Å². The quantitative estimate of drug-likeness (QED) is 0.272. The lowest BCUT2D eigenvalue weighted by Gasteiger charge is -2.11. The molecule has 0 saturated heterocycles. The third-order valence-electron chi connectivity index (χ3n) is 4.52. The van der Waals surface area contributed by atoms with Gasteiger partial charge in [0.1, 0.15) is 13.0 Å². The van der Waals surface area contributed by atoms with E-state index >= 15 is 0 Å². The Kier molecular flexibility index (Phi) is 8.43. The summed E-state index contributed by atoms with van der Waals surface area (Å²) in [5.74, 6) is 0.143. The van der Waals surface area contributed by atoms with Gasteiger partial charge in [0, 0.05) is 10.7 Å². The summed E-state index contributed by atoms with van der Waals surface area (Å²) in [5.41, 5.74) is 5.81. The molecule has 3 rings (SSSR count). The third-order valence-corrected chi connectivity index (χ3v) is 4.77. The van der Waals surface area contributed by atoms with Crippen LogP contribution in [0.2, 0.25) is 5.02 Å². The largest absolute Gasteiger partial charge is 0.493 e. The maximum atomic E-state index is 12.0. The smallest absolute Gasteiger partial charge is 0.249 e. The molecule has 0 bridgehead atoms. The van der Waals surface area contributed by atoms with Gasteiger partial charge in [-0.2, -0.15) is 5.10 Å². The highest BCUT2D eigenvalue weighted by molar-refractivity contribution is 6.30. The number of nitrogens with one attached hydrogen (secondary N) is 2. The first-order valence-electron chi connectivity index (χ1n) is 10.2. The van der Waals surface area contributed by atoms with Crippen LogP contribution in [-0.2, 0) is 16.2 Å². The van der Waals surface area contributed by atoms with E-state index in [4.69, 9.17) is 21.1 Å². The normalized spacial score (nSPS) is 10.6. The minimum absolute atomic E-state index is 0.366. The third kappa shape index (κ3) is 7.66. The fraction of sp³-hybridized carbons (Fsp3) is 0.160. The topological polar surface area (TPSA) is 89.0 Å². The van der Waals surface area contributed by atoms with E-state index < -0.39 is 11.8 Å². The van der Waals surface area contributed by atoms with Crippen LogP contribution in [-0.4, -0.2) is 25.1 Å². The second kappa shape index (κ2) is 11.7. The number of hydrogen-bond acceptors (Lipinski definition) is 5. The van der Waals surface area contributed by atoms with Crippen LogP contribution in [0.3, 0.4) is 0 Å². The number of ether oxygens (including phenoxy) is 2. The number of carbonyl (C=O) groups excluding carboxylic acids is 2. The molecule has 33 heavy (non-hydrogen) atoms. The summed E-state index contributed by atoms with van der Waals surface area (Å²) >= 11 is 5.81. The standard InChI is InChI=1S/C25H24ClN3O4/c1-17-4-3-5-19(12-17)16-33-22-11-6-18(13-23(22)32-2)15-27-29-25(31)14-24(30)28-21-9-7-20(26)8-10-21/h3-13,15H,14,16H2,1-2H3,(H,28,30)(H,29,31). The van der Waals surface area contributed by atoms with E-state index in [9.17, 15) is 9.59 Å². The summed E-state index contributed by atoms with van der Waals surface area (Å²) in [4.78, 5) is 23.9. The van der Waals surface area contributed by atoms with Crippen LogP contribution in [0, 0.1) is 6.92 Å². The van der Waals surface area contributed by atoms with E-state index in [0.29, 0.717) is 34.4 Å². The van der Waals surface area contributed by atoms with Gasteiger partial charge in [0.15, 0.2) is 11.5 Å². The summed E-state index contributed by atoms with van der Waals surface area (Å²) < 4.78 is 11.3. The molecule has 0 aliphatic carbocycles. The zero-order valence-corrected chi connectivity index (χ0v) is 19.1. The number of anilines is 1. The van der Waals surface area contributed by atoms with E-state index in [1.807, 2.05) is 25.1 Å². The highest BCUT2D eigenvalue weighted by Crippen LogP contribution is 2.28. The number of hydrogen-bond donors (Lipinski definition) is 2. The predicted molar refractivity (Wildman–Crippen MR) is 129 cm³/mol. The molecule has 0 aliphatic heterocycles. The predicted octanol–water partition coefficient (Wildman–Crippen LogP) is 4.71. The van der Waals surface area contributed by atoms with Crippen LogP contribution >= 0.6 is 11.6 Å². The molecule has 8 heteroatoms. The second-order valence-corrected chi connectivity index (χ2v) is 7.65. The minimum Gasteiger partial charge on any atom is -0.493 e. The Morgan fingerprint density at radius 2 is 1.79 bits per heavy atom. The molecule has 0 heterocycles. The molecule has 3 aromatic carbocycles. The Bertz CT molecular complexity index is 1150. The molecule has 170 valence electrons. The van der Waals surface area contributed by atoms with Crippen molar-refractivity contribution < 1.29 is 19.1 Å². The number of methoxy groups -OCH3 is 1. The monoisotopic (exact) mass is 465 g/mol. The Labute approximate surface area is 197 Å². The van der Waals surface area contributed by atoms with Crippen molar-refractivity contribution in [3.05, 3.63) is 88.4 Å². The zero-order chi connectivity index (χ0) is 23.6. The van der Waals surface area contributed by atoms with Crippen LogP contribution < -0.4 is 20.2 Å². The van der Waals surface area contributed by atoms with E-state index in [1.165, 1.54) is 11.8 Å². The Hall–Kier alpha value is -3.84. The van der Waals surface area contributed by atoms with E-state index in [1.54, 1.807) is 49.6 Å². The van der Waals surface area contributed by atoms with Crippen molar-refractivity contribution in [2.45, 2.75) is 20.0 Å². The van der Waals surface area contributed by atoms with E-state index in [0.717, 1.165) is 5.56 Å². The molecule has 0 aromatic heterocycles. The molecule has 0 atom stereocenters. The highest BCUT2D eigenvalue weighted by Gasteiger charge is 2.09. The lowest BCUT2D eigenvalue weighted by Crippen LogP contribution is -2.24. The lowest BCUT2D eigenvalue weighted by atomic mass is 10.1. The van der Waals surface area contributed by atoms with Crippen molar-refractivity contribution in [3.63, 3.8) is 0 Å². The summed E-state index contributed by atoms with van der Waals surface area (Å²) in [6.45, 7) is 2.45. The van der Waals surface area contributed by atoms with Crippen LogP contribution in [0.15, 0.2) is 71.8 Å². The molecule has 0 spiro atoms. The first-order valence-corrected chi connectivity index (χ1v) is 10.5. The number of aryl methyl sites for hydroxylation is 1. The van der Waals surface area contributed by atoms with Gasteiger partial charge in [0.05, 0.1) is 13.3 Å². The van der Waals surface area contributed by atoms with Crippen molar-refractivity contribution in [1.29, 1.82) is 0 Å². The maximum Gasteiger partial charge on any atom is 0.249 e. The average Bonchev–Trinajstić information content (AvgIpc) is 2.79. The van der Waals surface area contributed by atoms with Crippen LogP contribution in [0.1, 0.15) is 23.1 Å². The SMILES string of the molecule is COc1cc(C=NNC(=O)CC(=O)Nc2ccc(Cl)cc2)ccc1OCc1cccc(C)c1. The number of benzene rings is 3. The molecule has 0 fully saturated rings. The molecule has 2 N–H and O–H groups in total. The number of nitrogens with zero attached hydrogens (tertiary/aromatic N) is 1. The molecule has 7 nitrogen and oxygen atoms in total. The van der Waals surface area contributed by atoms with Crippen molar-refractivity contribution in [2.24, 2.45) is 5.10 Å². The van der Waals surface area contributed by atoms with Gasteiger partial charge < -0.3 is 14.8 Å². The first-order chi connectivity index (χ1) is 15.9. The van der Waals surface area contributed by atoms with Gasteiger partial charge in [-0.25, -0.2) is 5.43 Å². The second-order valence-electron chi connectivity index (χ2n) is 7.21. The summed E-state index contributed by atoms with van der Waals surface area (Å²) in [7, 11) is 1.55. The first kappa shape index (κ1) is 23.8. The number of amides is 2. The zero-order valence-electron chi connectivity index (χ0n) is 18.3. The Morgan fingerprint density at radius 3 is 2.52 bits per heavy atom. The molecular weight excluding hydrogens is 442 g/mol. The molecule has 0 radical (unpaired) electrons. The maximum absolute atomic E-state index is 12.0. The van der Waals surface area contributed by atoms with Crippen molar-refractivity contribution in [3.8, 4) is 11.5 Å². The molecule has 0 aliphatic rings. The number of halogens is 1. The number of carbonyl (C=O) groups is 2. The van der Waals surface area contributed by atoms with Crippen molar-refractivity contribution >= 4 is 35.3 Å². The average molecular weight is 466 g/mol. The van der Waals surface area contributed by atoms with Gasteiger partial charge in [0.25, 0.3) is 0 Å². The number of hydrazone groups is 1. The fourth-order valence-corrected chi connectivity index (χ4v) is 3.08. The highest BCUT2D eigenvalue weighted by atomic mass is 35.5. The molecule has 0 unspecified atom stereocenters. The van der Waals surface area contributed by atoms with E-state index in [-0.39, 0.29) is 6.42 Å². The minimum atomic E-state index is -0.539. The van der Waals surface area contributed by atoms with Crippen LogP contribution in [0.4, 0.5) is 5.69 Å². The Morgan fingerprint density at radius 1 is 1.00 bits per heavy atom. The van der Waals surface area contributed by atoms with Gasteiger partial charge in [-0.15, -0.1) is 0 Å². The van der Waals surface area contributed by atoms with Crippen LogP contribution in [0.25, 0.3) is 0 Å². The number of rotatable bonds is 9. The molecule has 3 aromatic rings. The van der Waals surface area contributed by atoms with E-state index in [2.05, 4.69) is 21.9 Å². The van der Waals surface area contributed by atoms with Crippen LogP contribution in [0.5, 0.6) is 11.5 Å². The van der Waals surface area contributed by atoms with Gasteiger partial charge in [-0.3, -0.25) is 9.59 Å². The summed E-state index contributed by atoms with van der Waals surface area (Å²) in [5, 5.41) is 7.08. The van der Waals surface area contributed by atoms with Gasteiger partial charge >= 0.3 is 0 Å². The van der Waals surface area contributed by atoms with Gasteiger partial charge in [-0.1, -0.05) is 41.4 Å². The molecule has 2 amide bonds. The van der Waals surface area contributed by atoms with Crippen molar-refractivity contribution in [2.75, 3.05) is 12.4 Å². The van der Waals surface area contributed by atoms with Gasteiger partial charge in [0.2, 0.25) is 11.8 Å². The summed E-state index contributed by atoms with van der Waals surface area (Å²) in [6, 6.07) is 20.0. The lowest BCUT2D eigenvalue weighted by molar-refractivity contribution is -0.126. The summed E-state index contributed by atoms with van der Waals surface area (Å²) in [6.07, 6.45) is 1.09. The fourth-order valence-electron chi connectivity index (χ4n) is 2.95. The molecule has 0 saturated carbocycles.